The topological polar surface area (TPSA) is 70.5 Å². The fourth-order valence-corrected chi connectivity index (χ4v) is 3.79. The second-order valence-electron chi connectivity index (χ2n) is 7.16. The first kappa shape index (κ1) is 20.8. The summed E-state index contributed by atoms with van der Waals surface area (Å²) in [5.41, 5.74) is 1.82. The van der Waals surface area contributed by atoms with Crippen LogP contribution in [0.2, 0.25) is 5.02 Å². The summed E-state index contributed by atoms with van der Waals surface area (Å²) < 4.78 is 13.5. The number of carbonyl (C=O) groups is 2. The molecule has 1 N–H and O–H groups in total. The molecule has 1 aliphatic rings. The summed E-state index contributed by atoms with van der Waals surface area (Å²) in [4.78, 5) is 31.1. The van der Waals surface area contributed by atoms with E-state index in [2.05, 4.69) is 4.98 Å². The molecule has 7 heteroatoms. The molecular weight excluding hydrogens is 419 g/mol. The second-order valence-corrected chi connectivity index (χ2v) is 7.59. The molecule has 1 unspecified atom stereocenters. The molecule has 1 amide bonds. The number of aromatic nitrogens is 1. The smallest absolute Gasteiger partial charge is 0.295 e. The van der Waals surface area contributed by atoms with Crippen LogP contribution in [-0.4, -0.2) is 33.2 Å². The Morgan fingerprint density at radius 3 is 2.29 bits per heavy atom. The minimum absolute atomic E-state index is 0.0288. The Morgan fingerprint density at radius 1 is 1.00 bits per heavy atom. The Balaban J connectivity index is 1.75. The molecule has 0 spiro atoms. The van der Waals surface area contributed by atoms with Crippen molar-refractivity contribution in [2.45, 2.75) is 12.5 Å². The molecule has 0 aliphatic carbocycles. The van der Waals surface area contributed by atoms with Crippen molar-refractivity contribution >= 4 is 29.1 Å². The number of nitrogens with zero attached hydrogens (tertiary/aromatic N) is 2. The third-order valence-electron chi connectivity index (χ3n) is 5.23. The highest BCUT2D eigenvalue weighted by atomic mass is 35.5. The number of pyridine rings is 1. The van der Waals surface area contributed by atoms with Crippen molar-refractivity contribution in [2.75, 3.05) is 6.54 Å². The summed E-state index contributed by atoms with van der Waals surface area (Å²) in [5, 5.41) is 11.5. The Kier molecular flexibility index (Phi) is 5.82. The number of amides is 1. The number of likely N-dealkylation sites (tertiary alicyclic amines) is 1. The van der Waals surface area contributed by atoms with Gasteiger partial charge in [0.1, 0.15) is 11.6 Å². The maximum atomic E-state index is 13.5. The number of aliphatic hydroxyl groups is 1. The van der Waals surface area contributed by atoms with Gasteiger partial charge in [0.15, 0.2) is 0 Å². The quantitative estimate of drug-likeness (QED) is 0.362. The highest BCUT2D eigenvalue weighted by Crippen LogP contribution is 2.39. The first-order chi connectivity index (χ1) is 15.0. The third kappa shape index (κ3) is 4.20. The molecule has 1 aliphatic heterocycles. The van der Waals surface area contributed by atoms with Crippen LogP contribution in [0.15, 0.2) is 78.6 Å². The number of halogens is 2. The lowest BCUT2D eigenvalue weighted by molar-refractivity contribution is -0.139. The Hall–Kier alpha value is -3.51. The first-order valence-corrected chi connectivity index (χ1v) is 10.0. The molecule has 1 saturated heterocycles. The van der Waals surface area contributed by atoms with Gasteiger partial charge in [0, 0.05) is 29.5 Å². The van der Waals surface area contributed by atoms with E-state index in [1.807, 2.05) is 12.1 Å². The molecule has 4 rings (SSSR count). The van der Waals surface area contributed by atoms with E-state index in [1.54, 1.807) is 24.3 Å². The van der Waals surface area contributed by atoms with E-state index in [0.29, 0.717) is 22.6 Å². The van der Waals surface area contributed by atoms with Crippen LogP contribution < -0.4 is 0 Å². The maximum Gasteiger partial charge on any atom is 0.295 e. The standard InChI is InChI=1S/C24H18ClFN2O3/c25-18-5-1-15(2-6-18)11-14-28-21(16-3-7-19(26)8-4-16)20(23(30)24(28)31)22(29)17-9-12-27-13-10-17/h1-10,12-13,21,29H,11,14H2/b22-20-. The van der Waals surface area contributed by atoms with E-state index in [1.165, 1.54) is 41.6 Å². The van der Waals surface area contributed by atoms with Crippen LogP contribution >= 0.6 is 11.6 Å². The molecule has 1 fully saturated rings. The lowest BCUT2D eigenvalue weighted by Gasteiger charge is -2.25. The van der Waals surface area contributed by atoms with Crippen molar-refractivity contribution in [3.63, 3.8) is 0 Å². The van der Waals surface area contributed by atoms with Crippen LogP contribution in [0.25, 0.3) is 5.76 Å². The van der Waals surface area contributed by atoms with E-state index in [0.717, 1.165) is 5.56 Å². The van der Waals surface area contributed by atoms with Gasteiger partial charge in [0.25, 0.3) is 11.7 Å². The van der Waals surface area contributed by atoms with Gasteiger partial charge < -0.3 is 10.0 Å². The lowest BCUT2D eigenvalue weighted by atomic mass is 9.95. The SMILES string of the molecule is O=C1C(=O)N(CCc2ccc(Cl)cc2)C(c2ccc(F)cc2)/C1=C(/O)c1ccncc1. The predicted molar refractivity (Wildman–Crippen MR) is 115 cm³/mol. The van der Waals surface area contributed by atoms with Crippen molar-refractivity contribution in [1.29, 1.82) is 0 Å². The molecular formula is C24H18ClFN2O3. The number of carbonyl (C=O) groups excluding carboxylic acids is 2. The molecule has 0 radical (unpaired) electrons. The number of Topliss-reactive ketones (excluding diaryl/α,β-unsaturated/α-hetero) is 1. The molecule has 3 aromatic rings. The van der Waals surface area contributed by atoms with Crippen molar-refractivity contribution < 1.29 is 19.1 Å². The van der Waals surface area contributed by atoms with Gasteiger partial charge in [0.2, 0.25) is 0 Å². The Bertz CT molecular complexity index is 1150. The number of ketones is 1. The number of aliphatic hydroxyl groups excluding tert-OH is 1. The van der Waals surface area contributed by atoms with Crippen LogP contribution in [0.5, 0.6) is 0 Å². The van der Waals surface area contributed by atoms with E-state index in [-0.39, 0.29) is 17.9 Å². The summed E-state index contributed by atoms with van der Waals surface area (Å²) >= 11 is 5.93. The average molecular weight is 437 g/mol. The van der Waals surface area contributed by atoms with E-state index < -0.39 is 23.5 Å². The van der Waals surface area contributed by atoms with Crippen LogP contribution in [0, 0.1) is 5.82 Å². The van der Waals surface area contributed by atoms with Gasteiger partial charge in [-0.1, -0.05) is 35.9 Å². The van der Waals surface area contributed by atoms with Gasteiger partial charge in [-0.3, -0.25) is 14.6 Å². The summed E-state index contributed by atoms with van der Waals surface area (Å²) in [5.74, 6) is -2.21. The molecule has 2 heterocycles. The van der Waals surface area contributed by atoms with Gasteiger partial charge in [-0.05, 0) is 53.9 Å². The number of hydrogen-bond acceptors (Lipinski definition) is 4. The zero-order valence-corrected chi connectivity index (χ0v) is 17.1. The largest absolute Gasteiger partial charge is 0.507 e. The average Bonchev–Trinajstić information content (AvgIpc) is 3.04. The number of hydrogen-bond donors (Lipinski definition) is 1. The summed E-state index contributed by atoms with van der Waals surface area (Å²) in [6.07, 6.45) is 3.45. The second kappa shape index (κ2) is 8.70. The van der Waals surface area contributed by atoms with E-state index in [9.17, 15) is 19.1 Å². The van der Waals surface area contributed by atoms with Gasteiger partial charge in [-0.15, -0.1) is 0 Å². The molecule has 156 valence electrons. The van der Waals surface area contributed by atoms with E-state index >= 15 is 0 Å². The maximum absolute atomic E-state index is 13.5. The summed E-state index contributed by atoms with van der Waals surface area (Å²) in [7, 11) is 0. The fourth-order valence-electron chi connectivity index (χ4n) is 3.67. The van der Waals surface area contributed by atoms with Crippen molar-refractivity contribution in [3.05, 3.63) is 106 Å². The van der Waals surface area contributed by atoms with Crippen LogP contribution in [-0.2, 0) is 16.0 Å². The monoisotopic (exact) mass is 436 g/mol. The molecule has 1 atom stereocenters. The van der Waals surface area contributed by atoms with Gasteiger partial charge >= 0.3 is 0 Å². The molecule has 5 nitrogen and oxygen atoms in total. The summed E-state index contributed by atoms with van der Waals surface area (Å²) in [6, 6.07) is 15.0. The summed E-state index contributed by atoms with van der Waals surface area (Å²) in [6.45, 7) is 0.237. The molecule has 2 aromatic carbocycles. The van der Waals surface area contributed by atoms with Crippen molar-refractivity contribution in [3.8, 4) is 0 Å². The van der Waals surface area contributed by atoms with Gasteiger partial charge in [-0.2, -0.15) is 0 Å². The number of benzene rings is 2. The van der Waals surface area contributed by atoms with Crippen LogP contribution in [0.1, 0.15) is 22.7 Å². The molecule has 0 saturated carbocycles. The zero-order chi connectivity index (χ0) is 22.0. The van der Waals surface area contributed by atoms with Crippen LogP contribution in [0.4, 0.5) is 4.39 Å². The van der Waals surface area contributed by atoms with Gasteiger partial charge in [-0.25, -0.2) is 4.39 Å². The molecule has 0 bridgehead atoms. The van der Waals surface area contributed by atoms with Crippen molar-refractivity contribution in [1.82, 2.24) is 9.88 Å². The van der Waals surface area contributed by atoms with Crippen LogP contribution in [0.3, 0.4) is 0 Å². The highest BCUT2D eigenvalue weighted by Gasteiger charge is 2.45. The Morgan fingerprint density at radius 2 is 1.65 bits per heavy atom. The lowest BCUT2D eigenvalue weighted by Crippen LogP contribution is -2.31. The molecule has 31 heavy (non-hydrogen) atoms. The Labute approximate surface area is 183 Å². The minimum atomic E-state index is -0.832. The first-order valence-electron chi connectivity index (χ1n) is 9.64. The predicted octanol–water partition coefficient (Wildman–Crippen LogP) is 4.54. The fraction of sp³-hybridized carbons (Fsp3) is 0.125. The van der Waals surface area contributed by atoms with E-state index in [4.69, 9.17) is 11.6 Å². The zero-order valence-electron chi connectivity index (χ0n) is 16.3. The number of rotatable bonds is 5. The van der Waals surface area contributed by atoms with Gasteiger partial charge in [0.05, 0.1) is 11.6 Å². The van der Waals surface area contributed by atoms with Crippen molar-refractivity contribution in [2.24, 2.45) is 0 Å². The third-order valence-corrected chi connectivity index (χ3v) is 5.49. The minimum Gasteiger partial charge on any atom is -0.507 e. The normalized spacial score (nSPS) is 17.9. The highest BCUT2D eigenvalue weighted by molar-refractivity contribution is 6.46. The molecule has 1 aromatic heterocycles.